The normalized spacial score (nSPS) is 19.9. The van der Waals surface area contributed by atoms with Gasteiger partial charge in [-0.15, -0.1) is 0 Å². The van der Waals surface area contributed by atoms with Gasteiger partial charge in [-0.1, -0.05) is 50.2 Å². The number of hydrogen-bond acceptors (Lipinski definition) is 6. The van der Waals surface area contributed by atoms with Crippen LogP contribution in [0.25, 0.3) is 0 Å². The van der Waals surface area contributed by atoms with Crippen LogP contribution in [0.4, 0.5) is 4.79 Å². The summed E-state index contributed by atoms with van der Waals surface area (Å²) in [4.78, 5) is 53.3. The van der Waals surface area contributed by atoms with Gasteiger partial charge < -0.3 is 14.8 Å². The van der Waals surface area contributed by atoms with E-state index in [0.29, 0.717) is 17.5 Å². The van der Waals surface area contributed by atoms with Crippen LogP contribution in [0.5, 0.6) is 0 Å². The highest BCUT2D eigenvalue weighted by molar-refractivity contribution is 6.21. The van der Waals surface area contributed by atoms with E-state index in [9.17, 15) is 19.2 Å². The minimum absolute atomic E-state index is 0.281. The molecule has 0 unspecified atom stereocenters. The van der Waals surface area contributed by atoms with Crippen LogP contribution >= 0.6 is 0 Å². The average molecular weight is 479 g/mol. The van der Waals surface area contributed by atoms with Gasteiger partial charge in [-0.2, -0.15) is 0 Å². The highest BCUT2D eigenvalue weighted by atomic mass is 16.6. The molecule has 0 spiro atoms. The van der Waals surface area contributed by atoms with E-state index in [4.69, 9.17) is 9.47 Å². The van der Waals surface area contributed by atoms with E-state index in [-0.39, 0.29) is 5.92 Å². The molecule has 8 heteroatoms. The third-order valence-electron chi connectivity index (χ3n) is 6.11. The summed E-state index contributed by atoms with van der Waals surface area (Å²) in [6.07, 6.45) is -1.17. The number of rotatable bonds is 5. The molecule has 3 amide bonds. The fourth-order valence-electron chi connectivity index (χ4n) is 4.56. The van der Waals surface area contributed by atoms with Gasteiger partial charge >= 0.3 is 12.1 Å². The molecule has 2 aromatic carbocycles. The molecule has 1 heterocycles. The Labute approximate surface area is 204 Å². The summed E-state index contributed by atoms with van der Waals surface area (Å²) >= 11 is 0. The zero-order valence-electron chi connectivity index (χ0n) is 20.5. The van der Waals surface area contributed by atoms with E-state index in [1.165, 1.54) is 4.90 Å². The van der Waals surface area contributed by atoms with Crippen molar-refractivity contribution >= 4 is 23.9 Å². The molecule has 35 heavy (non-hydrogen) atoms. The second-order valence-electron chi connectivity index (χ2n) is 10.2. The molecule has 4 rings (SSSR count). The third kappa shape index (κ3) is 4.78. The molecule has 0 aromatic heterocycles. The molecule has 1 aliphatic heterocycles. The Morgan fingerprint density at radius 2 is 1.54 bits per heavy atom. The molecule has 0 fully saturated rings. The van der Waals surface area contributed by atoms with Crippen molar-refractivity contribution in [2.75, 3.05) is 0 Å². The predicted molar refractivity (Wildman–Crippen MR) is 128 cm³/mol. The quantitative estimate of drug-likeness (QED) is 0.514. The van der Waals surface area contributed by atoms with Crippen molar-refractivity contribution in [3.8, 4) is 0 Å². The van der Waals surface area contributed by atoms with Crippen LogP contribution in [-0.2, 0) is 20.7 Å². The minimum atomic E-state index is -0.962. The number of nitrogens with zero attached hydrogens (tertiary/aromatic N) is 1. The minimum Gasteiger partial charge on any atom is -0.458 e. The first-order valence-electron chi connectivity index (χ1n) is 11.7. The average Bonchev–Trinajstić information content (AvgIpc) is 3.25. The van der Waals surface area contributed by atoms with Crippen molar-refractivity contribution in [2.45, 2.75) is 64.8 Å². The zero-order chi connectivity index (χ0) is 25.5. The molecule has 2 aromatic rings. The number of nitrogens with one attached hydrogen (secondary N) is 1. The topological polar surface area (TPSA) is 102 Å². The van der Waals surface area contributed by atoms with E-state index < -0.39 is 47.7 Å². The number of benzene rings is 2. The lowest BCUT2D eigenvalue weighted by Gasteiger charge is -2.30. The van der Waals surface area contributed by atoms with Crippen molar-refractivity contribution < 1.29 is 28.7 Å². The third-order valence-corrected chi connectivity index (χ3v) is 6.11. The molecule has 0 bridgehead atoms. The van der Waals surface area contributed by atoms with Gasteiger partial charge in [0.25, 0.3) is 11.8 Å². The molecule has 8 nitrogen and oxygen atoms in total. The van der Waals surface area contributed by atoms with Gasteiger partial charge in [0, 0.05) is 6.42 Å². The lowest BCUT2D eigenvalue weighted by atomic mass is 10.0. The van der Waals surface area contributed by atoms with Crippen molar-refractivity contribution in [1.29, 1.82) is 0 Å². The summed E-state index contributed by atoms with van der Waals surface area (Å²) in [6.45, 7) is 8.77. The largest absolute Gasteiger partial charge is 0.458 e. The lowest BCUT2D eigenvalue weighted by molar-refractivity contribution is -0.155. The predicted octanol–water partition coefficient (Wildman–Crippen LogP) is 4.04. The zero-order valence-corrected chi connectivity index (χ0v) is 20.5. The second kappa shape index (κ2) is 9.17. The van der Waals surface area contributed by atoms with Gasteiger partial charge in [-0.3, -0.25) is 14.5 Å². The Morgan fingerprint density at radius 3 is 2.11 bits per heavy atom. The number of carbonyl (C=O) groups is 4. The fourth-order valence-corrected chi connectivity index (χ4v) is 4.56. The van der Waals surface area contributed by atoms with Crippen molar-refractivity contribution in [1.82, 2.24) is 10.2 Å². The van der Waals surface area contributed by atoms with Crippen LogP contribution in [0.15, 0.2) is 48.5 Å². The molecule has 2 aliphatic rings. The van der Waals surface area contributed by atoms with E-state index in [1.54, 1.807) is 58.9 Å². The molecule has 0 saturated heterocycles. The van der Waals surface area contributed by atoms with Crippen LogP contribution in [0.1, 0.15) is 72.5 Å². The van der Waals surface area contributed by atoms with Crippen LogP contribution in [-0.4, -0.2) is 46.5 Å². The van der Waals surface area contributed by atoms with Crippen LogP contribution < -0.4 is 5.32 Å². The number of fused-ring (bicyclic) bond motifs is 2. The first-order valence-corrected chi connectivity index (χ1v) is 11.7. The van der Waals surface area contributed by atoms with Gasteiger partial charge in [-0.25, -0.2) is 9.59 Å². The summed E-state index contributed by atoms with van der Waals surface area (Å²) in [7, 11) is 0. The van der Waals surface area contributed by atoms with Gasteiger partial charge in [0.15, 0.2) is 0 Å². The Balaban J connectivity index is 1.60. The first-order chi connectivity index (χ1) is 16.5. The Bertz CT molecular complexity index is 1150. The number of imide groups is 1. The maximum Gasteiger partial charge on any atom is 0.408 e. The lowest BCUT2D eigenvalue weighted by Crippen LogP contribution is -2.49. The highest BCUT2D eigenvalue weighted by Gasteiger charge is 2.48. The van der Waals surface area contributed by atoms with E-state index in [0.717, 1.165) is 11.1 Å². The van der Waals surface area contributed by atoms with Crippen LogP contribution in [0.3, 0.4) is 0 Å². The molecule has 0 saturated carbocycles. The molecule has 1 aliphatic carbocycles. The van der Waals surface area contributed by atoms with E-state index >= 15 is 0 Å². The standard InChI is InChI=1S/C27H30N2O6/c1-15(2)21(28-26(33)35-27(3,4)5)25(32)34-20-14-16-10-6-7-11-17(16)22(20)29-23(30)18-12-8-9-13-19(18)24(29)31/h6-13,15,20-22H,14H2,1-5H3,(H,28,33)/t20-,21+,22+/m1/s1. The van der Waals surface area contributed by atoms with E-state index in [2.05, 4.69) is 5.32 Å². The number of ether oxygens (including phenoxy) is 2. The maximum absolute atomic E-state index is 13.3. The van der Waals surface area contributed by atoms with Gasteiger partial charge in [-0.05, 0) is 49.9 Å². The summed E-state index contributed by atoms with van der Waals surface area (Å²) in [5, 5.41) is 2.60. The van der Waals surface area contributed by atoms with Crippen LogP contribution in [0, 0.1) is 5.92 Å². The number of alkyl carbamates (subject to hydrolysis) is 1. The van der Waals surface area contributed by atoms with Gasteiger partial charge in [0.2, 0.25) is 0 Å². The number of carbonyl (C=O) groups excluding carboxylic acids is 4. The summed E-state index contributed by atoms with van der Waals surface area (Å²) in [5.74, 6) is -1.76. The monoisotopic (exact) mass is 478 g/mol. The van der Waals surface area contributed by atoms with Crippen molar-refractivity contribution in [3.63, 3.8) is 0 Å². The molecular formula is C27H30N2O6. The van der Waals surface area contributed by atoms with Gasteiger partial charge in [0.05, 0.1) is 11.1 Å². The molecule has 1 N–H and O–H groups in total. The number of amides is 3. The molecular weight excluding hydrogens is 448 g/mol. The molecule has 184 valence electrons. The first kappa shape index (κ1) is 24.4. The SMILES string of the molecule is CC(C)[C@H](NC(=O)OC(C)(C)C)C(=O)O[C@@H]1Cc2ccccc2[C@@H]1N1C(=O)c2ccccc2C1=O. The Morgan fingerprint density at radius 1 is 0.971 bits per heavy atom. The fraction of sp³-hybridized carbons (Fsp3) is 0.407. The summed E-state index contributed by atoms with van der Waals surface area (Å²) < 4.78 is 11.2. The Kier molecular flexibility index (Phi) is 6.40. The highest BCUT2D eigenvalue weighted by Crippen LogP contribution is 2.41. The van der Waals surface area contributed by atoms with Crippen molar-refractivity contribution in [3.05, 3.63) is 70.8 Å². The maximum atomic E-state index is 13.3. The Hall–Kier alpha value is -3.68. The second-order valence-corrected chi connectivity index (χ2v) is 10.2. The summed E-state index contributed by atoms with van der Waals surface area (Å²) in [6, 6.07) is 12.4. The van der Waals surface area contributed by atoms with Gasteiger partial charge in [0.1, 0.15) is 23.8 Å². The van der Waals surface area contributed by atoms with Crippen LogP contribution in [0.2, 0.25) is 0 Å². The van der Waals surface area contributed by atoms with Crippen molar-refractivity contribution in [2.24, 2.45) is 5.92 Å². The number of esters is 1. The van der Waals surface area contributed by atoms with E-state index in [1.807, 2.05) is 24.3 Å². The molecule has 3 atom stereocenters. The smallest absolute Gasteiger partial charge is 0.408 e. The number of hydrogen-bond donors (Lipinski definition) is 1. The summed E-state index contributed by atoms with van der Waals surface area (Å²) in [5.41, 5.74) is 1.60. The molecule has 0 radical (unpaired) electrons.